The molecule has 0 bridgehead atoms. The Labute approximate surface area is 208 Å². The van der Waals surface area contributed by atoms with E-state index in [4.69, 9.17) is 4.98 Å². The second-order valence-electron chi connectivity index (χ2n) is 9.37. The summed E-state index contributed by atoms with van der Waals surface area (Å²) < 4.78 is 0. The van der Waals surface area contributed by atoms with E-state index in [0.29, 0.717) is 17.3 Å². The van der Waals surface area contributed by atoms with Crippen molar-refractivity contribution in [2.75, 3.05) is 68.4 Å². The Kier molecular flexibility index (Phi) is 8.52. The number of rotatable bonds is 4. The Hall–Kier alpha value is -3.20. The Morgan fingerprint density at radius 3 is 2.54 bits per heavy atom. The summed E-state index contributed by atoms with van der Waals surface area (Å²) >= 11 is 0. The first kappa shape index (κ1) is 24.9. The first-order valence-corrected chi connectivity index (χ1v) is 12.8. The van der Waals surface area contributed by atoms with E-state index < -0.39 is 0 Å². The number of carbonyl (C=O) groups excluding carboxylic acids is 1. The minimum Gasteiger partial charge on any atom is -0.369 e. The molecule has 4 rings (SSSR count). The first-order chi connectivity index (χ1) is 17.0. The predicted octanol–water partition coefficient (Wildman–Crippen LogP) is 3.60. The lowest BCUT2D eigenvalue weighted by molar-refractivity contribution is -0.126. The zero-order valence-electron chi connectivity index (χ0n) is 21.3. The number of likely N-dealkylation sites (N-methyl/N-ethyl adjacent to an activating group) is 2. The van der Waals surface area contributed by atoms with Crippen LogP contribution in [0, 0.1) is 0 Å². The van der Waals surface area contributed by atoms with E-state index in [0.717, 1.165) is 88.6 Å². The van der Waals surface area contributed by atoms with Crippen molar-refractivity contribution in [3.05, 3.63) is 35.7 Å². The summed E-state index contributed by atoms with van der Waals surface area (Å²) in [7, 11) is 2.15. The Bertz CT molecular complexity index is 1010. The highest BCUT2D eigenvalue weighted by Crippen LogP contribution is 2.22. The fourth-order valence-electron chi connectivity index (χ4n) is 4.46. The molecule has 2 aliphatic heterocycles. The van der Waals surface area contributed by atoms with Gasteiger partial charge in [-0.05, 0) is 51.9 Å². The van der Waals surface area contributed by atoms with Gasteiger partial charge in [-0.25, -0.2) is 9.97 Å². The summed E-state index contributed by atoms with van der Waals surface area (Å²) in [5, 5.41) is 6.68. The highest BCUT2D eigenvalue weighted by molar-refractivity contribution is 5.97. The molecule has 2 N–H and O–H groups in total. The quantitative estimate of drug-likeness (QED) is 0.689. The summed E-state index contributed by atoms with van der Waals surface area (Å²) in [6.45, 7) is 10.4. The minimum absolute atomic E-state index is 0.0736. The predicted molar refractivity (Wildman–Crippen MR) is 142 cm³/mol. The molecule has 188 valence electrons. The fraction of sp³-hybridized carbons (Fsp3) is 0.538. The number of nitrogens with zero attached hydrogens (tertiary/aromatic N) is 6. The van der Waals surface area contributed by atoms with Crippen molar-refractivity contribution >= 4 is 35.3 Å². The van der Waals surface area contributed by atoms with Crippen LogP contribution >= 0.6 is 0 Å². The lowest BCUT2D eigenvalue weighted by atomic mass is 10.1. The zero-order valence-corrected chi connectivity index (χ0v) is 21.3. The SMILES string of the molecule is CCN1CCCCCCNc2nc(Nc3ccc(N4CCN(C)CC4)cn3)ncc2/C=C(\C)C1=O. The molecule has 0 spiro atoms. The monoisotopic (exact) mass is 478 g/mol. The van der Waals surface area contributed by atoms with Crippen molar-refractivity contribution in [1.29, 1.82) is 0 Å². The second-order valence-corrected chi connectivity index (χ2v) is 9.37. The van der Waals surface area contributed by atoms with Crippen LogP contribution in [0.25, 0.3) is 6.08 Å². The Balaban J connectivity index is 1.50. The molecule has 1 saturated heterocycles. The maximum atomic E-state index is 12.9. The molecular weight excluding hydrogens is 440 g/mol. The molecule has 2 aromatic rings. The molecule has 0 unspecified atom stereocenters. The van der Waals surface area contributed by atoms with Gasteiger partial charge < -0.3 is 25.3 Å². The molecule has 0 radical (unpaired) electrons. The summed E-state index contributed by atoms with van der Waals surface area (Å²) in [6, 6.07) is 4.06. The number of hydrogen-bond donors (Lipinski definition) is 2. The van der Waals surface area contributed by atoms with E-state index in [1.807, 2.05) is 37.1 Å². The van der Waals surface area contributed by atoms with Crippen molar-refractivity contribution in [2.45, 2.75) is 39.5 Å². The van der Waals surface area contributed by atoms with Crippen LogP contribution < -0.4 is 15.5 Å². The normalized spacial score (nSPS) is 20.0. The number of aromatic nitrogens is 3. The molecule has 1 amide bonds. The molecule has 0 aliphatic carbocycles. The second kappa shape index (κ2) is 12.0. The average Bonchev–Trinajstić information content (AvgIpc) is 2.88. The topological polar surface area (TPSA) is 89.5 Å². The van der Waals surface area contributed by atoms with E-state index >= 15 is 0 Å². The number of pyridine rings is 1. The Morgan fingerprint density at radius 2 is 1.80 bits per heavy atom. The van der Waals surface area contributed by atoms with Crippen LogP contribution in [-0.4, -0.2) is 83.5 Å². The zero-order chi connectivity index (χ0) is 24.6. The smallest absolute Gasteiger partial charge is 0.249 e. The first-order valence-electron chi connectivity index (χ1n) is 12.8. The lowest BCUT2D eigenvalue weighted by Crippen LogP contribution is -2.44. The summed E-state index contributed by atoms with van der Waals surface area (Å²) in [4.78, 5) is 33.4. The molecule has 9 heteroatoms. The summed E-state index contributed by atoms with van der Waals surface area (Å²) in [5.41, 5.74) is 2.64. The molecule has 0 atom stereocenters. The van der Waals surface area contributed by atoms with Crippen LogP contribution in [0.5, 0.6) is 0 Å². The van der Waals surface area contributed by atoms with E-state index in [-0.39, 0.29) is 5.91 Å². The number of amides is 1. The van der Waals surface area contributed by atoms with Crippen molar-refractivity contribution in [2.24, 2.45) is 0 Å². The molecule has 1 fully saturated rings. The number of nitrogens with one attached hydrogen (secondary N) is 2. The van der Waals surface area contributed by atoms with E-state index in [1.54, 1.807) is 6.20 Å². The summed E-state index contributed by atoms with van der Waals surface area (Å²) in [5.74, 6) is 1.98. The number of fused-ring (bicyclic) bond motifs is 1. The molecule has 35 heavy (non-hydrogen) atoms. The fourth-order valence-corrected chi connectivity index (χ4v) is 4.46. The maximum absolute atomic E-state index is 12.9. The highest BCUT2D eigenvalue weighted by Gasteiger charge is 2.16. The van der Waals surface area contributed by atoms with Gasteiger partial charge in [-0.3, -0.25) is 4.79 Å². The van der Waals surface area contributed by atoms with E-state index in [9.17, 15) is 4.79 Å². The number of hydrogen-bond acceptors (Lipinski definition) is 8. The maximum Gasteiger partial charge on any atom is 0.249 e. The van der Waals surface area contributed by atoms with Crippen molar-refractivity contribution in [3.8, 4) is 0 Å². The Morgan fingerprint density at radius 1 is 1.00 bits per heavy atom. The van der Waals surface area contributed by atoms with Gasteiger partial charge in [-0.15, -0.1) is 0 Å². The molecule has 9 nitrogen and oxygen atoms in total. The van der Waals surface area contributed by atoms with Crippen LogP contribution in [-0.2, 0) is 4.79 Å². The van der Waals surface area contributed by atoms with Gasteiger partial charge in [0.05, 0.1) is 11.9 Å². The third-order valence-electron chi connectivity index (χ3n) is 6.70. The highest BCUT2D eigenvalue weighted by atomic mass is 16.2. The van der Waals surface area contributed by atoms with Crippen molar-refractivity contribution in [1.82, 2.24) is 24.8 Å². The van der Waals surface area contributed by atoms with Gasteiger partial charge in [0.15, 0.2) is 0 Å². The molecule has 0 aromatic carbocycles. The average molecular weight is 479 g/mol. The van der Waals surface area contributed by atoms with Gasteiger partial charge in [0, 0.05) is 63.1 Å². The van der Waals surface area contributed by atoms with Gasteiger partial charge in [0.1, 0.15) is 11.6 Å². The molecular formula is C26H38N8O. The van der Waals surface area contributed by atoms with E-state index in [2.05, 4.69) is 43.5 Å². The van der Waals surface area contributed by atoms with Crippen LogP contribution in [0.3, 0.4) is 0 Å². The van der Waals surface area contributed by atoms with Gasteiger partial charge in [-0.1, -0.05) is 12.8 Å². The van der Waals surface area contributed by atoms with Crippen LogP contribution in [0.1, 0.15) is 45.1 Å². The third-order valence-corrected chi connectivity index (χ3v) is 6.70. The van der Waals surface area contributed by atoms with Crippen molar-refractivity contribution in [3.63, 3.8) is 0 Å². The third kappa shape index (κ3) is 6.69. The molecule has 0 saturated carbocycles. The number of piperazine rings is 1. The van der Waals surface area contributed by atoms with E-state index in [1.165, 1.54) is 0 Å². The van der Waals surface area contributed by atoms with Gasteiger partial charge >= 0.3 is 0 Å². The van der Waals surface area contributed by atoms with Crippen LogP contribution in [0.15, 0.2) is 30.1 Å². The lowest BCUT2D eigenvalue weighted by Gasteiger charge is -2.33. The van der Waals surface area contributed by atoms with Gasteiger partial charge in [-0.2, -0.15) is 4.98 Å². The van der Waals surface area contributed by atoms with Crippen LogP contribution in [0.2, 0.25) is 0 Å². The minimum atomic E-state index is 0.0736. The van der Waals surface area contributed by atoms with Crippen LogP contribution in [0.4, 0.5) is 23.3 Å². The molecule has 2 aliphatic rings. The molecule has 4 heterocycles. The number of anilines is 4. The summed E-state index contributed by atoms with van der Waals surface area (Å²) in [6.07, 6.45) is 9.90. The van der Waals surface area contributed by atoms with Crippen molar-refractivity contribution < 1.29 is 4.79 Å². The largest absolute Gasteiger partial charge is 0.369 e. The van der Waals surface area contributed by atoms with Gasteiger partial charge in [0.25, 0.3) is 0 Å². The van der Waals surface area contributed by atoms with Gasteiger partial charge in [0.2, 0.25) is 11.9 Å². The standard InChI is InChI=1S/C26H38N8O/c1-4-33-12-8-6-5-7-11-27-24-21(17-20(2)25(33)35)18-29-26(31-24)30-23-10-9-22(19-28-23)34-15-13-32(3)14-16-34/h9-10,17-19H,4-8,11-16H2,1-3H3,(H2,27,28,29,30,31)/b20-17+. The molecule has 2 aromatic heterocycles. The number of carbonyl (C=O) groups is 1.